The summed E-state index contributed by atoms with van der Waals surface area (Å²) in [5.74, 6) is 0.486. The van der Waals surface area contributed by atoms with Gasteiger partial charge in [-0.05, 0) is 59.7 Å². The third-order valence-corrected chi connectivity index (χ3v) is 5.91. The van der Waals surface area contributed by atoms with Gasteiger partial charge in [-0.1, -0.05) is 24.3 Å². The molecule has 2 aromatic rings. The number of aliphatic imine (C=N–C) groups is 1. The summed E-state index contributed by atoms with van der Waals surface area (Å²) < 4.78 is 39.4. The Labute approximate surface area is 167 Å². The first-order chi connectivity index (χ1) is 13.7. The van der Waals surface area contributed by atoms with Crippen LogP contribution in [0.3, 0.4) is 0 Å². The monoisotopic (exact) mass is 401 g/mol. The van der Waals surface area contributed by atoms with Crippen molar-refractivity contribution >= 4 is 11.9 Å². The SMILES string of the molecule is CN=C1N[C@@]2(CCCc3ccc(-c4cccc(C(F)(F)F)c4)cc32)CC(=O)N1C. The van der Waals surface area contributed by atoms with E-state index in [2.05, 4.69) is 10.3 Å². The number of nitrogens with zero attached hydrogens (tertiary/aromatic N) is 2. The van der Waals surface area contributed by atoms with Crippen LogP contribution in [-0.2, 0) is 22.9 Å². The molecule has 152 valence electrons. The van der Waals surface area contributed by atoms with Crippen molar-refractivity contribution in [3.05, 3.63) is 59.2 Å². The minimum atomic E-state index is -4.39. The highest BCUT2D eigenvalue weighted by Crippen LogP contribution is 2.42. The predicted octanol–water partition coefficient (Wildman–Crippen LogP) is 4.34. The number of halogens is 3. The molecule has 1 heterocycles. The molecule has 1 aliphatic carbocycles. The fraction of sp³-hybridized carbons (Fsp3) is 0.364. The highest BCUT2D eigenvalue weighted by Gasteiger charge is 2.44. The Morgan fingerprint density at radius 1 is 1.14 bits per heavy atom. The average molecular weight is 401 g/mol. The molecule has 1 aliphatic heterocycles. The van der Waals surface area contributed by atoms with Gasteiger partial charge < -0.3 is 5.32 Å². The molecular formula is C22H22F3N3O. The number of hydrogen-bond donors (Lipinski definition) is 1. The van der Waals surface area contributed by atoms with Crippen molar-refractivity contribution < 1.29 is 18.0 Å². The van der Waals surface area contributed by atoms with Gasteiger partial charge in [-0.25, -0.2) is 0 Å². The Hall–Kier alpha value is -2.83. The van der Waals surface area contributed by atoms with E-state index in [-0.39, 0.29) is 5.91 Å². The maximum atomic E-state index is 13.1. The third-order valence-electron chi connectivity index (χ3n) is 5.91. The summed E-state index contributed by atoms with van der Waals surface area (Å²) >= 11 is 0. The van der Waals surface area contributed by atoms with Crippen LogP contribution in [0.15, 0.2) is 47.5 Å². The first kappa shape index (κ1) is 19.5. The first-order valence-corrected chi connectivity index (χ1v) is 9.56. The predicted molar refractivity (Wildman–Crippen MR) is 105 cm³/mol. The molecule has 1 fully saturated rings. The van der Waals surface area contributed by atoms with Crippen LogP contribution in [0.1, 0.15) is 36.0 Å². The largest absolute Gasteiger partial charge is 0.416 e. The Bertz CT molecular complexity index is 999. The molecule has 0 aromatic heterocycles. The van der Waals surface area contributed by atoms with Gasteiger partial charge in [-0.3, -0.25) is 14.7 Å². The smallest absolute Gasteiger partial charge is 0.346 e. The van der Waals surface area contributed by atoms with E-state index < -0.39 is 17.3 Å². The van der Waals surface area contributed by atoms with Crippen LogP contribution >= 0.6 is 0 Å². The van der Waals surface area contributed by atoms with Crippen LogP contribution in [-0.4, -0.2) is 30.9 Å². The summed E-state index contributed by atoms with van der Waals surface area (Å²) in [5.41, 5.74) is 2.05. The summed E-state index contributed by atoms with van der Waals surface area (Å²) in [6.07, 6.45) is -1.52. The molecule has 4 nitrogen and oxygen atoms in total. The standard InChI is InChI=1S/C22H22F3N3O/c1-26-20-27-21(13-19(29)28(20)2)10-4-6-14-8-9-16(12-18(14)21)15-5-3-7-17(11-15)22(23,24)25/h3,5,7-9,11-12H,4,6,10,13H2,1-2H3,(H,26,27)/t21-/m0/s1. The fourth-order valence-electron chi connectivity index (χ4n) is 4.37. The Balaban J connectivity index is 1.80. The van der Waals surface area contributed by atoms with Crippen LogP contribution in [0.2, 0.25) is 0 Å². The Morgan fingerprint density at radius 2 is 1.90 bits per heavy atom. The topological polar surface area (TPSA) is 44.7 Å². The normalized spacial score (nSPS) is 23.3. The van der Waals surface area contributed by atoms with E-state index in [1.54, 1.807) is 20.2 Å². The Kier molecular flexibility index (Phi) is 4.63. The van der Waals surface area contributed by atoms with Gasteiger partial charge in [0.25, 0.3) is 0 Å². The summed E-state index contributed by atoms with van der Waals surface area (Å²) in [6.45, 7) is 0. The van der Waals surface area contributed by atoms with Crippen LogP contribution < -0.4 is 5.32 Å². The molecule has 0 radical (unpaired) electrons. The number of guanidine groups is 1. The number of rotatable bonds is 1. The minimum absolute atomic E-state index is 0.0262. The lowest BCUT2D eigenvalue weighted by Gasteiger charge is -2.45. The molecule has 0 bridgehead atoms. The van der Waals surface area contributed by atoms with Gasteiger partial charge in [-0.15, -0.1) is 0 Å². The number of carbonyl (C=O) groups is 1. The number of aryl methyl sites for hydroxylation is 1. The molecule has 0 saturated carbocycles. The van der Waals surface area contributed by atoms with E-state index in [9.17, 15) is 18.0 Å². The van der Waals surface area contributed by atoms with Crippen molar-refractivity contribution in [2.75, 3.05) is 14.1 Å². The van der Waals surface area contributed by atoms with Crippen molar-refractivity contribution in [3.63, 3.8) is 0 Å². The molecule has 1 atom stereocenters. The van der Waals surface area contributed by atoms with E-state index in [0.717, 1.165) is 36.5 Å². The van der Waals surface area contributed by atoms with E-state index in [1.807, 2.05) is 18.2 Å². The lowest BCUT2D eigenvalue weighted by molar-refractivity contribution is -0.137. The van der Waals surface area contributed by atoms with E-state index in [4.69, 9.17) is 0 Å². The average Bonchev–Trinajstić information content (AvgIpc) is 2.70. The highest BCUT2D eigenvalue weighted by atomic mass is 19.4. The number of carbonyl (C=O) groups excluding carboxylic acids is 1. The van der Waals surface area contributed by atoms with Crippen molar-refractivity contribution in [1.82, 2.24) is 10.2 Å². The molecule has 2 aromatic carbocycles. The first-order valence-electron chi connectivity index (χ1n) is 9.56. The van der Waals surface area contributed by atoms with Crippen molar-refractivity contribution in [1.29, 1.82) is 0 Å². The third kappa shape index (κ3) is 3.39. The van der Waals surface area contributed by atoms with Gasteiger partial charge >= 0.3 is 6.18 Å². The Morgan fingerprint density at radius 3 is 2.62 bits per heavy atom. The van der Waals surface area contributed by atoms with Gasteiger partial charge in [0.15, 0.2) is 0 Å². The second-order valence-corrected chi connectivity index (χ2v) is 7.69. The van der Waals surface area contributed by atoms with Gasteiger partial charge in [0.1, 0.15) is 0 Å². The summed E-state index contributed by atoms with van der Waals surface area (Å²) in [7, 11) is 3.32. The number of amides is 1. The van der Waals surface area contributed by atoms with Crippen LogP contribution in [0.25, 0.3) is 11.1 Å². The molecule has 4 rings (SSSR count). The minimum Gasteiger partial charge on any atom is -0.346 e. The van der Waals surface area contributed by atoms with Crippen molar-refractivity contribution in [2.45, 2.75) is 37.4 Å². The number of hydrogen-bond acceptors (Lipinski definition) is 2. The highest BCUT2D eigenvalue weighted by molar-refractivity contribution is 6.00. The molecule has 7 heteroatoms. The lowest BCUT2D eigenvalue weighted by Crippen LogP contribution is -2.60. The number of benzene rings is 2. The van der Waals surface area contributed by atoms with Gasteiger partial charge in [0, 0.05) is 14.1 Å². The van der Waals surface area contributed by atoms with Gasteiger partial charge in [0.05, 0.1) is 17.5 Å². The molecule has 1 amide bonds. The number of nitrogens with one attached hydrogen (secondary N) is 1. The fourth-order valence-corrected chi connectivity index (χ4v) is 4.37. The second-order valence-electron chi connectivity index (χ2n) is 7.69. The second kappa shape index (κ2) is 6.90. The van der Waals surface area contributed by atoms with E-state index in [0.29, 0.717) is 23.5 Å². The van der Waals surface area contributed by atoms with Crippen LogP contribution in [0, 0.1) is 0 Å². The van der Waals surface area contributed by atoms with E-state index in [1.165, 1.54) is 17.0 Å². The zero-order chi connectivity index (χ0) is 20.8. The van der Waals surface area contributed by atoms with Gasteiger partial charge in [0.2, 0.25) is 11.9 Å². The maximum absolute atomic E-state index is 13.1. The van der Waals surface area contributed by atoms with Crippen molar-refractivity contribution in [3.8, 4) is 11.1 Å². The van der Waals surface area contributed by atoms with Gasteiger partial charge in [-0.2, -0.15) is 13.2 Å². The number of alkyl halides is 3. The maximum Gasteiger partial charge on any atom is 0.416 e. The molecule has 0 unspecified atom stereocenters. The van der Waals surface area contributed by atoms with E-state index >= 15 is 0 Å². The van der Waals surface area contributed by atoms with Crippen LogP contribution in [0.4, 0.5) is 13.2 Å². The quantitative estimate of drug-likeness (QED) is 0.773. The zero-order valence-electron chi connectivity index (χ0n) is 16.3. The summed E-state index contributed by atoms with van der Waals surface area (Å²) in [6, 6.07) is 11.1. The summed E-state index contributed by atoms with van der Waals surface area (Å²) in [4.78, 5) is 18.4. The molecule has 1 N–H and O–H groups in total. The molecule has 2 aliphatic rings. The molecule has 1 spiro atoms. The zero-order valence-corrected chi connectivity index (χ0v) is 16.3. The van der Waals surface area contributed by atoms with Crippen molar-refractivity contribution in [2.24, 2.45) is 4.99 Å². The number of fused-ring (bicyclic) bond motifs is 2. The lowest BCUT2D eigenvalue weighted by atomic mass is 9.72. The molecule has 1 saturated heterocycles. The molecule has 29 heavy (non-hydrogen) atoms. The summed E-state index contributed by atoms with van der Waals surface area (Å²) in [5, 5.41) is 3.44. The van der Waals surface area contributed by atoms with Crippen LogP contribution in [0.5, 0.6) is 0 Å². The molecular weight excluding hydrogens is 379 g/mol.